The lowest BCUT2D eigenvalue weighted by Crippen LogP contribution is -2.27. The zero-order valence-electron chi connectivity index (χ0n) is 18.3. The lowest BCUT2D eigenvalue weighted by molar-refractivity contribution is -0.159. The number of carbonyl (C=O) groups excluding carboxylic acids is 2. The van der Waals surface area contributed by atoms with Crippen molar-refractivity contribution < 1.29 is 28.9 Å². The number of aliphatic hydroxyl groups is 1. The van der Waals surface area contributed by atoms with Crippen molar-refractivity contribution in [1.82, 2.24) is 0 Å². The molecule has 1 fully saturated rings. The van der Waals surface area contributed by atoms with Gasteiger partial charge in [-0.25, -0.2) is 0 Å². The van der Waals surface area contributed by atoms with E-state index in [1.54, 1.807) is 0 Å². The van der Waals surface area contributed by atoms with Crippen LogP contribution in [0.25, 0.3) is 0 Å². The van der Waals surface area contributed by atoms with Crippen molar-refractivity contribution >= 4 is 11.9 Å². The molecule has 0 radical (unpaired) electrons. The highest BCUT2D eigenvalue weighted by Gasteiger charge is 2.36. The summed E-state index contributed by atoms with van der Waals surface area (Å²) in [7, 11) is 0. The van der Waals surface area contributed by atoms with E-state index in [2.05, 4.69) is 19.1 Å². The van der Waals surface area contributed by atoms with E-state index < -0.39 is 12.1 Å². The Balaban J connectivity index is 1.89. The summed E-state index contributed by atoms with van der Waals surface area (Å²) in [5.74, 6) is -0.811. The predicted octanol–water partition coefficient (Wildman–Crippen LogP) is 4.48. The molecule has 1 rings (SSSR count). The summed E-state index contributed by atoms with van der Waals surface area (Å²) in [5.41, 5.74) is 0. The number of carbonyl (C=O) groups is 2. The summed E-state index contributed by atoms with van der Waals surface area (Å²) < 4.78 is 15.6. The van der Waals surface area contributed by atoms with Gasteiger partial charge >= 0.3 is 11.9 Å². The van der Waals surface area contributed by atoms with Crippen molar-refractivity contribution in [2.45, 2.75) is 109 Å². The van der Waals surface area contributed by atoms with Gasteiger partial charge in [0, 0.05) is 13.3 Å². The maximum Gasteiger partial charge on any atom is 0.305 e. The lowest BCUT2D eigenvalue weighted by Gasteiger charge is -2.14. The average molecular weight is 413 g/mol. The number of aliphatic hydroxyl groups excluding tert-OH is 1. The summed E-state index contributed by atoms with van der Waals surface area (Å²) >= 11 is 0. The van der Waals surface area contributed by atoms with E-state index >= 15 is 0 Å². The molecule has 0 amide bonds. The molecule has 0 bridgehead atoms. The molecule has 6 nitrogen and oxygen atoms in total. The Morgan fingerprint density at radius 1 is 1.03 bits per heavy atom. The van der Waals surface area contributed by atoms with E-state index in [-0.39, 0.29) is 19.2 Å². The first-order chi connectivity index (χ1) is 14.1. The molecule has 0 aromatic carbocycles. The van der Waals surface area contributed by atoms with Crippen LogP contribution in [0.1, 0.15) is 90.9 Å². The van der Waals surface area contributed by atoms with Crippen LogP contribution < -0.4 is 0 Å². The molecule has 0 aromatic heterocycles. The van der Waals surface area contributed by atoms with Crippen LogP contribution in [0.3, 0.4) is 0 Å². The molecule has 0 spiro atoms. The number of unbranched alkanes of at least 4 members (excludes halogenated alkanes) is 7. The summed E-state index contributed by atoms with van der Waals surface area (Å²) in [6, 6.07) is 0. The molecule has 3 atom stereocenters. The number of rotatable bonds is 18. The average Bonchev–Trinajstić information content (AvgIpc) is 3.44. The van der Waals surface area contributed by atoms with E-state index in [4.69, 9.17) is 19.3 Å². The monoisotopic (exact) mass is 412 g/mol. The van der Waals surface area contributed by atoms with Crippen molar-refractivity contribution in [2.24, 2.45) is 0 Å². The van der Waals surface area contributed by atoms with Gasteiger partial charge in [-0.15, -0.1) is 0 Å². The highest BCUT2D eigenvalue weighted by molar-refractivity contribution is 5.69. The van der Waals surface area contributed by atoms with E-state index in [9.17, 15) is 9.59 Å². The van der Waals surface area contributed by atoms with Crippen molar-refractivity contribution in [3.05, 3.63) is 12.2 Å². The highest BCUT2D eigenvalue weighted by atomic mass is 16.6. The molecule has 6 heteroatoms. The third-order valence-corrected chi connectivity index (χ3v) is 5.03. The molecular weight excluding hydrogens is 372 g/mol. The molecule has 1 saturated heterocycles. The second-order valence-electron chi connectivity index (χ2n) is 7.82. The predicted molar refractivity (Wildman–Crippen MR) is 112 cm³/mol. The second kappa shape index (κ2) is 16.4. The van der Waals surface area contributed by atoms with Crippen LogP contribution in [0.2, 0.25) is 0 Å². The van der Waals surface area contributed by atoms with Crippen LogP contribution in [0, 0.1) is 0 Å². The molecule has 0 aliphatic carbocycles. The molecule has 1 aliphatic rings. The van der Waals surface area contributed by atoms with E-state index in [0.717, 1.165) is 38.5 Å². The van der Waals surface area contributed by atoms with Gasteiger partial charge in [0.2, 0.25) is 0 Å². The number of ether oxygens (including phenoxy) is 3. The van der Waals surface area contributed by atoms with Crippen molar-refractivity contribution in [3.63, 3.8) is 0 Å². The van der Waals surface area contributed by atoms with E-state index in [0.29, 0.717) is 18.6 Å². The fraction of sp³-hybridized carbons (Fsp3) is 0.826. The number of esters is 2. The third kappa shape index (κ3) is 14.3. The maximum absolute atomic E-state index is 11.7. The van der Waals surface area contributed by atoms with Gasteiger partial charge < -0.3 is 19.3 Å². The first-order valence-corrected chi connectivity index (χ1v) is 11.3. The van der Waals surface area contributed by atoms with Gasteiger partial charge in [0.25, 0.3) is 0 Å². The first-order valence-electron chi connectivity index (χ1n) is 11.3. The van der Waals surface area contributed by atoms with Crippen molar-refractivity contribution in [2.75, 3.05) is 13.2 Å². The highest BCUT2D eigenvalue weighted by Crippen LogP contribution is 2.30. The molecule has 0 aromatic rings. The minimum atomic E-state index is -0.776. The van der Waals surface area contributed by atoms with Gasteiger partial charge in [-0.2, -0.15) is 0 Å². The Bertz CT molecular complexity index is 476. The summed E-state index contributed by atoms with van der Waals surface area (Å²) in [6.45, 7) is 3.04. The SMILES string of the molecule is CCCCC/C=C\CC1OC1CCCCCCCC(=O)OC[C@H](CO)OC(C)=O. The van der Waals surface area contributed by atoms with Gasteiger partial charge in [-0.3, -0.25) is 9.59 Å². The van der Waals surface area contributed by atoms with Crippen LogP contribution in [0.15, 0.2) is 12.2 Å². The fourth-order valence-electron chi connectivity index (χ4n) is 3.26. The zero-order valence-corrected chi connectivity index (χ0v) is 18.3. The van der Waals surface area contributed by atoms with Crippen LogP contribution in [-0.4, -0.2) is 48.6 Å². The summed E-state index contributed by atoms with van der Waals surface area (Å²) in [4.78, 5) is 22.5. The lowest BCUT2D eigenvalue weighted by atomic mass is 10.1. The molecule has 1 aliphatic heterocycles. The number of hydrogen-bond acceptors (Lipinski definition) is 6. The molecule has 29 heavy (non-hydrogen) atoms. The number of allylic oxidation sites excluding steroid dienone is 1. The largest absolute Gasteiger partial charge is 0.462 e. The van der Waals surface area contributed by atoms with Gasteiger partial charge in [0.05, 0.1) is 18.8 Å². The molecule has 168 valence electrons. The normalized spacial score (nSPS) is 19.3. The Labute approximate surface area is 176 Å². The Morgan fingerprint density at radius 3 is 2.52 bits per heavy atom. The van der Waals surface area contributed by atoms with Gasteiger partial charge in [0.15, 0.2) is 6.10 Å². The fourth-order valence-corrected chi connectivity index (χ4v) is 3.26. The smallest absolute Gasteiger partial charge is 0.305 e. The molecular formula is C23H40O6. The molecule has 1 N–H and O–H groups in total. The zero-order chi connectivity index (χ0) is 21.3. The van der Waals surface area contributed by atoms with Crippen molar-refractivity contribution in [1.29, 1.82) is 0 Å². The van der Waals surface area contributed by atoms with E-state index in [1.807, 2.05) is 0 Å². The standard InChI is InChI=1S/C23H40O6/c1-3-4-5-6-8-11-14-21-22(29-21)15-12-9-7-10-13-16-23(26)27-18-20(17-24)28-19(2)25/h8,11,20-22,24H,3-7,9-10,12-18H2,1-2H3/b11-8-/t20-,21?,22?/m0/s1. The molecule has 2 unspecified atom stereocenters. The first kappa shape index (κ1) is 25.6. The second-order valence-corrected chi connectivity index (χ2v) is 7.82. The topological polar surface area (TPSA) is 85.4 Å². The van der Waals surface area contributed by atoms with Crippen LogP contribution in [0.5, 0.6) is 0 Å². The molecule has 1 heterocycles. The maximum atomic E-state index is 11.7. The van der Waals surface area contributed by atoms with Crippen LogP contribution in [-0.2, 0) is 23.8 Å². The Morgan fingerprint density at radius 2 is 1.79 bits per heavy atom. The van der Waals surface area contributed by atoms with Gasteiger partial charge in [0.1, 0.15) is 6.61 Å². The van der Waals surface area contributed by atoms with Gasteiger partial charge in [-0.05, 0) is 32.1 Å². The van der Waals surface area contributed by atoms with E-state index in [1.165, 1.54) is 39.0 Å². The number of epoxide rings is 1. The molecule has 0 saturated carbocycles. The third-order valence-electron chi connectivity index (χ3n) is 5.03. The quantitative estimate of drug-likeness (QED) is 0.155. The minimum Gasteiger partial charge on any atom is -0.462 e. The van der Waals surface area contributed by atoms with Gasteiger partial charge in [-0.1, -0.05) is 57.6 Å². The van der Waals surface area contributed by atoms with Crippen molar-refractivity contribution in [3.8, 4) is 0 Å². The summed E-state index contributed by atoms with van der Waals surface area (Å²) in [6.07, 6.45) is 17.5. The summed E-state index contributed by atoms with van der Waals surface area (Å²) in [5, 5.41) is 9.05. The van der Waals surface area contributed by atoms with Crippen LogP contribution >= 0.6 is 0 Å². The minimum absolute atomic E-state index is 0.0919. The number of hydrogen-bond donors (Lipinski definition) is 1. The Hall–Kier alpha value is -1.40. The van der Waals surface area contributed by atoms with Crippen LogP contribution in [0.4, 0.5) is 0 Å². The Kier molecular flexibility index (Phi) is 14.5.